The number of fused-ring (bicyclic) bond motifs is 1. The van der Waals surface area contributed by atoms with Gasteiger partial charge in [0.15, 0.2) is 0 Å². The Bertz CT molecular complexity index is 364. The minimum absolute atomic E-state index is 0.304. The zero-order chi connectivity index (χ0) is 12.3. The molecule has 2 nitrogen and oxygen atoms in total. The summed E-state index contributed by atoms with van der Waals surface area (Å²) < 4.78 is 5.15. The molecule has 0 saturated carbocycles. The zero-order valence-corrected chi connectivity index (χ0v) is 10.9. The van der Waals surface area contributed by atoms with E-state index in [1.54, 1.807) is 7.11 Å². The second-order valence-electron chi connectivity index (χ2n) is 5.39. The number of hydrogen-bond acceptors (Lipinski definition) is 2. The van der Waals surface area contributed by atoms with Crippen molar-refractivity contribution in [2.24, 2.45) is 11.7 Å². The molecule has 1 aliphatic carbocycles. The average Bonchev–Trinajstić information content (AvgIpc) is 2.26. The van der Waals surface area contributed by atoms with Crippen LogP contribution in [0, 0.1) is 5.92 Å². The molecule has 2 N–H and O–H groups in total. The van der Waals surface area contributed by atoms with Gasteiger partial charge in [0.2, 0.25) is 0 Å². The fourth-order valence-corrected chi connectivity index (χ4v) is 2.90. The van der Waals surface area contributed by atoms with Gasteiger partial charge in [-0.05, 0) is 42.2 Å². The van der Waals surface area contributed by atoms with Crippen LogP contribution in [0.5, 0.6) is 0 Å². The Morgan fingerprint density at radius 3 is 2.88 bits per heavy atom. The second kappa shape index (κ2) is 5.65. The average molecular weight is 233 g/mol. The van der Waals surface area contributed by atoms with Crippen LogP contribution in [0.25, 0.3) is 0 Å². The van der Waals surface area contributed by atoms with E-state index in [2.05, 4.69) is 31.2 Å². The molecular weight excluding hydrogens is 210 g/mol. The molecule has 94 valence electrons. The third-order valence-corrected chi connectivity index (χ3v) is 3.70. The lowest BCUT2D eigenvalue weighted by Crippen LogP contribution is -2.30. The zero-order valence-electron chi connectivity index (χ0n) is 10.9. The Morgan fingerprint density at radius 2 is 2.18 bits per heavy atom. The Kier molecular flexibility index (Phi) is 4.19. The summed E-state index contributed by atoms with van der Waals surface area (Å²) in [7, 11) is 1.75. The van der Waals surface area contributed by atoms with E-state index < -0.39 is 0 Å². The fraction of sp³-hybridized carbons (Fsp3) is 0.600. The number of nitrogens with two attached hydrogens (primary N) is 1. The predicted molar refractivity (Wildman–Crippen MR) is 71.1 cm³/mol. The summed E-state index contributed by atoms with van der Waals surface area (Å²) in [6, 6.07) is 9.03. The van der Waals surface area contributed by atoms with Crippen molar-refractivity contribution < 1.29 is 4.74 Å². The Morgan fingerprint density at radius 1 is 1.41 bits per heavy atom. The molecule has 2 heteroatoms. The molecule has 1 aromatic carbocycles. The van der Waals surface area contributed by atoms with E-state index in [9.17, 15) is 0 Å². The van der Waals surface area contributed by atoms with E-state index >= 15 is 0 Å². The topological polar surface area (TPSA) is 35.2 Å². The maximum absolute atomic E-state index is 6.22. The van der Waals surface area contributed by atoms with Crippen LogP contribution < -0.4 is 5.73 Å². The molecule has 3 unspecified atom stereocenters. The Balaban J connectivity index is 1.80. The largest absolute Gasteiger partial charge is 0.384 e. The van der Waals surface area contributed by atoms with Crippen LogP contribution in [0.2, 0.25) is 0 Å². The van der Waals surface area contributed by atoms with Gasteiger partial charge in [0.25, 0.3) is 0 Å². The van der Waals surface area contributed by atoms with Gasteiger partial charge in [-0.1, -0.05) is 31.2 Å². The van der Waals surface area contributed by atoms with Crippen LogP contribution in [0.3, 0.4) is 0 Å². The minimum atomic E-state index is 0.304. The lowest BCUT2D eigenvalue weighted by Gasteiger charge is -2.32. The van der Waals surface area contributed by atoms with Gasteiger partial charge in [0.1, 0.15) is 0 Å². The first-order valence-corrected chi connectivity index (χ1v) is 6.53. The quantitative estimate of drug-likeness (QED) is 0.820. The van der Waals surface area contributed by atoms with Gasteiger partial charge in [-0.25, -0.2) is 0 Å². The molecule has 17 heavy (non-hydrogen) atoms. The van der Waals surface area contributed by atoms with E-state index in [1.165, 1.54) is 17.5 Å². The van der Waals surface area contributed by atoms with Crippen LogP contribution in [0.15, 0.2) is 24.3 Å². The molecule has 1 aliphatic rings. The summed E-state index contributed by atoms with van der Waals surface area (Å²) in [5.74, 6) is 1.25. The molecule has 0 heterocycles. The van der Waals surface area contributed by atoms with Crippen molar-refractivity contribution in [2.45, 2.75) is 38.1 Å². The predicted octanol–water partition coefficient (Wildman–Crippen LogP) is 2.72. The molecular formula is C15H23NO. The van der Waals surface area contributed by atoms with Crippen molar-refractivity contribution in [3.8, 4) is 0 Å². The number of rotatable bonds is 6. The molecule has 0 saturated heterocycles. The molecule has 0 aliphatic heterocycles. The molecule has 1 aromatic rings. The highest BCUT2D eigenvalue weighted by Gasteiger charge is 2.27. The molecule has 0 fully saturated rings. The van der Waals surface area contributed by atoms with Crippen molar-refractivity contribution in [1.29, 1.82) is 0 Å². The van der Waals surface area contributed by atoms with Crippen molar-refractivity contribution >= 4 is 0 Å². The van der Waals surface area contributed by atoms with Gasteiger partial charge >= 0.3 is 0 Å². The van der Waals surface area contributed by atoms with Crippen LogP contribution in [-0.2, 0) is 11.2 Å². The monoisotopic (exact) mass is 233 g/mol. The van der Waals surface area contributed by atoms with Gasteiger partial charge in [-0.2, -0.15) is 0 Å². The van der Waals surface area contributed by atoms with Gasteiger partial charge in [0, 0.05) is 19.8 Å². The molecule has 0 amide bonds. The number of methoxy groups -OCH3 is 1. The van der Waals surface area contributed by atoms with E-state index in [0.29, 0.717) is 17.9 Å². The maximum atomic E-state index is 6.22. The minimum Gasteiger partial charge on any atom is -0.384 e. The highest BCUT2D eigenvalue weighted by Crippen LogP contribution is 2.38. The highest BCUT2D eigenvalue weighted by molar-refractivity contribution is 5.39. The molecule has 0 aromatic heterocycles. The van der Waals surface area contributed by atoms with Crippen LogP contribution in [0.1, 0.15) is 36.8 Å². The van der Waals surface area contributed by atoms with Crippen LogP contribution in [-0.4, -0.2) is 19.8 Å². The third-order valence-electron chi connectivity index (χ3n) is 3.70. The number of hydrogen-bond donors (Lipinski definition) is 1. The smallest absolute Gasteiger partial charge is 0.0488 e. The lowest BCUT2D eigenvalue weighted by atomic mass is 9.74. The normalized spacial score (nSPS) is 21.5. The Labute approximate surface area is 104 Å². The van der Waals surface area contributed by atoms with Crippen molar-refractivity contribution in [1.82, 2.24) is 0 Å². The Hall–Kier alpha value is -0.860. The number of ether oxygens (including phenoxy) is 1. The molecule has 0 bridgehead atoms. The highest BCUT2D eigenvalue weighted by atomic mass is 16.5. The van der Waals surface area contributed by atoms with Crippen LogP contribution in [0.4, 0.5) is 0 Å². The van der Waals surface area contributed by atoms with Gasteiger partial charge in [0.05, 0.1) is 0 Å². The molecule has 0 radical (unpaired) electrons. The summed E-state index contributed by atoms with van der Waals surface area (Å²) in [5, 5.41) is 0. The molecule has 2 rings (SSSR count). The van der Waals surface area contributed by atoms with Gasteiger partial charge in [-0.3, -0.25) is 0 Å². The summed E-state index contributed by atoms with van der Waals surface area (Å²) in [5.41, 5.74) is 9.24. The molecule has 3 atom stereocenters. The van der Waals surface area contributed by atoms with Gasteiger partial charge in [-0.15, -0.1) is 0 Å². The van der Waals surface area contributed by atoms with Crippen molar-refractivity contribution in [2.75, 3.05) is 13.7 Å². The summed E-state index contributed by atoms with van der Waals surface area (Å²) in [6.45, 7) is 3.02. The van der Waals surface area contributed by atoms with Gasteiger partial charge < -0.3 is 10.5 Å². The number of benzene rings is 1. The van der Waals surface area contributed by atoms with E-state index in [4.69, 9.17) is 10.5 Å². The van der Waals surface area contributed by atoms with Crippen molar-refractivity contribution in [3.63, 3.8) is 0 Å². The summed E-state index contributed by atoms with van der Waals surface area (Å²) in [6.07, 6.45) is 3.39. The lowest BCUT2D eigenvalue weighted by molar-refractivity contribution is 0.150. The third kappa shape index (κ3) is 3.08. The fourth-order valence-electron chi connectivity index (χ4n) is 2.90. The second-order valence-corrected chi connectivity index (χ2v) is 5.39. The summed E-state index contributed by atoms with van der Waals surface area (Å²) >= 11 is 0. The van der Waals surface area contributed by atoms with E-state index in [1.807, 2.05) is 0 Å². The first-order chi connectivity index (χ1) is 8.20. The summed E-state index contributed by atoms with van der Waals surface area (Å²) in [4.78, 5) is 0. The van der Waals surface area contributed by atoms with E-state index in [-0.39, 0.29) is 0 Å². The van der Waals surface area contributed by atoms with Crippen LogP contribution >= 0.6 is 0 Å². The first-order valence-electron chi connectivity index (χ1n) is 6.53. The SMILES string of the molecule is COCC(C)CC(N)CC1Cc2ccccc21. The maximum Gasteiger partial charge on any atom is 0.0488 e. The molecule has 0 spiro atoms. The standard InChI is InChI=1S/C15H23NO/c1-11(10-17-2)7-14(16)9-13-8-12-5-3-4-6-15(12)13/h3-6,11,13-14H,7-10,16H2,1-2H3. The first kappa shape index (κ1) is 12.6. The van der Waals surface area contributed by atoms with E-state index in [0.717, 1.165) is 19.4 Å². The van der Waals surface area contributed by atoms with Crippen molar-refractivity contribution in [3.05, 3.63) is 35.4 Å².